The number of methoxy groups -OCH3 is 1. The first-order valence-electron chi connectivity index (χ1n) is 6.73. The average Bonchev–Trinajstić information content (AvgIpc) is 2.50. The topological polar surface area (TPSA) is 50.4 Å². The van der Waals surface area contributed by atoms with E-state index in [0.717, 1.165) is 15.7 Å². The number of carbonyl (C=O) groups excluding carboxylic acids is 1. The lowest BCUT2D eigenvalue weighted by Gasteiger charge is -2.13. The third kappa shape index (κ3) is 4.60. The van der Waals surface area contributed by atoms with Crippen molar-refractivity contribution in [2.45, 2.75) is 6.92 Å². The van der Waals surface area contributed by atoms with Gasteiger partial charge < -0.3 is 10.1 Å². The van der Waals surface area contributed by atoms with Gasteiger partial charge in [0.15, 0.2) is 5.11 Å². The number of carbonyl (C=O) groups is 1. The number of hydrogen-bond acceptors (Lipinski definition) is 3. The Hall–Kier alpha value is -1.34. The Morgan fingerprint density at radius 2 is 1.96 bits per heavy atom. The number of halogens is 3. The summed E-state index contributed by atoms with van der Waals surface area (Å²) in [4.78, 5) is 12.4. The molecule has 0 aliphatic carbocycles. The molecule has 0 spiro atoms. The van der Waals surface area contributed by atoms with Crippen LogP contribution in [0.3, 0.4) is 0 Å². The van der Waals surface area contributed by atoms with Gasteiger partial charge >= 0.3 is 0 Å². The fraction of sp³-hybridized carbons (Fsp3) is 0.125. The van der Waals surface area contributed by atoms with Crippen LogP contribution in [0, 0.1) is 6.92 Å². The third-order valence-corrected chi connectivity index (χ3v) is 4.69. The van der Waals surface area contributed by atoms with E-state index in [9.17, 15) is 4.79 Å². The Labute approximate surface area is 163 Å². The van der Waals surface area contributed by atoms with Crippen LogP contribution in [0.15, 0.2) is 34.8 Å². The molecule has 0 unspecified atom stereocenters. The van der Waals surface area contributed by atoms with E-state index >= 15 is 0 Å². The average molecular weight is 448 g/mol. The first-order chi connectivity index (χ1) is 11.3. The molecule has 0 radical (unpaired) electrons. The van der Waals surface area contributed by atoms with Crippen LogP contribution in [0.1, 0.15) is 15.9 Å². The maximum Gasteiger partial charge on any atom is 0.261 e. The van der Waals surface area contributed by atoms with Crippen molar-refractivity contribution >= 4 is 68.1 Å². The van der Waals surface area contributed by atoms with Crippen molar-refractivity contribution in [1.82, 2.24) is 5.32 Å². The van der Waals surface area contributed by atoms with Gasteiger partial charge in [0.25, 0.3) is 5.91 Å². The number of anilines is 1. The van der Waals surface area contributed by atoms with Gasteiger partial charge in [-0.1, -0.05) is 39.1 Å². The smallest absolute Gasteiger partial charge is 0.261 e. The zero-order chi connectivity index (χ0) is 17.9. The number of ether oxygens (including phenoxy) is 1. The highest BCUT2D eigenvalue weighted by Crippen LogP contribution is 2.32. The van der Waals surface area contributed by atoms with Crippen LogP contribution < -0.4 is 15.4 Å². The summed E-state index contributed by atoms with van der Waals surface area (Å²) in [5.41, 5.74) is 2.00. The molecule has 8 heteroatoms. The van der Waals surface area contributed by atoms with Crippen LogP contribution in [0.4, 0.5) is 5.69 Å². The van der Waals surface area contributed by atoms with Crippen LogP contribution >= 0.6 is 51.3 Å². The molecule has 2 aromatic rings. The Morgan fingerprint density at radius 3 is 2.58 bits per heavy atom. The first-order valence-corrected chi connectivity index (χ1v) is 8.69. The van der Waals surface area contributed by atoms with Gasteiger partial charge in [-0.25, -0.2) is 0 Å². The molecule has 0 bridgehead atoms. The lowest BCUT2D eigenvalue weighted by molar-refractivity contribution is 0.0975. The molecule has 0 aliphatic rings. The molecule has 2 aromatic carbocycles. The first kappa shape index (κ1) is 19.0. The summed E-state index contributed by atoms with van der Waals surface area (Å²) in [6.45, 7) is 1.95. The minimum atomic E-state index is -0.470. The van der Waals surface area contributed by atoms with E-state index in [2.05, 4.69) is 26.6 Å². The Morgan fingerprint density at radius 1 is 1.25 bits per heavy atom. The van der Waals surface area contributed by atoms with Gasteiger partial charge in [0, 0.05) is 15.2 Å². The summed E-state index contributed by atoms with van der Waals surface area (Å²) in [7, 11) is 1.42. The second-order valence-corrected chi connectivity index (χ2v) is 6.95. The van der Waals surface area contributed by atoms with Crippen LogP contribution in [0.2, 0.25) is 10.0 Å². The van der Waals surface area contributed by atoms with Crippen molar-refractivity contribution in [2.24, 2.45) is 0 Å². The Bertz CT molecular complexity index is 815. The van der Waals surface area contributed by atoms with Crippen molar-refractivity contribution < 1.29 is 9.53 Å². The second-order valence-electron chi connectivity index (χ2n) is 4.84. The molecular weight excluding hydrogens is 435 g/mol. The van der Waals surface area contributed by atoms with Crippen molar-refractivity contribution in [2.75, 3.05) is 12.4 Å². The number of rotatable bonds is 3. The molecule has 1 amide bonds. The second kappa shape index (κ2) is 8.16. The molecule has 0 fully saturated rings. The fourth-order valence-electron chi connectivity index (χ4n) is 1.99. The van der Waals surface area contributed by atoms with Gasteiger partial charge in [0.1, 0.15) is 5.75 Å². The van der Waals surface area contributed by atoms with Crippen molar-refractivity contribution in [1.29, 1.82) is 0 Å². The Balaban J connectivity index is 2.14. The van der Waals surface area contributed by atoms with E-state index in [-0.39, 0.29) is 21.4 Å². The molecule has 24 heavy (non-hydrogen) atoms. The van der Waals surface area contributed by atoms with E-state index in [4.69, 9.17) is 40.2 Å². The molecule has 2 N–H and O–H groups in total. The van der Waals surface area contributed by atoms with Crippen molar-refractivity contribution in [3.8, 4) is 5.75 Å². The molecule has 126 valence electrons. The zero-order valence-electron chi connectivity index (χ0n) is 12.7. The largest absolute Gasteiger partial charge is 0.494 e. The van der Waals surface area contributed by atoms with E-state index in [0.29, 0.717) is 5.02 Å². The lowest BCUT2D eigenvalue weighted by Crippen LogP contribution is -2.34. The number of hydrogen-bond donors (Lipinski definition) is 2. The third-order valence-electron chi connectivity index (χ3n) is 3.10. The maximum atomic E-state index is 12.4. The molecule has 0 heterocycles. The van der Waals surface area contributed by atoms with Crippen LogP contribution in [0.25, 0.3) is 0 Å². The highest BCUT2D eigenvalue weighted by molar-refractivity contribution is 9.10. The molecule has 0 saturated carbocycles. The highest BCUT2D eigenvalue weighted by atomic mass is 79.9. The van der Waals surface area contributed by atoms with E-state index in [1.54, 1.807) is 0 Å². The number of nitrogens with one attached hydrogen (secondary N) is 2. The van der Waals surface area contributed by atoms with Crippen LogP contribution in [0.5, 0.6) is 5.75 Å². The van der Waals surface area contributed by atoms with E-state index in [1.807, 2.05) is 25.1 Å². The monoisotopic (exact) mass is 446 g/mol. The van der Waals surface area contributed by atoms with Gasteiger partial charge in [0.05, 0.1) is 17.7 Å². The standard InChI is InChI=1S/C16H13BrCl2N2O2S/c1-8-5-10(3-4-12(8)17)20-16(24)21-15(22)11-6-9(18)7-13(19)14(11)23-2/h3-7H,1-2H3,(H2,20,21,22,24). The summed E-state index contributed by atoms with van der Waals surface area (Å²) in [6.07, 6.45) is 0. The van der Waals surface area contributed by atoms with Gasteiger partial charge in [-0.15, -0.1) is 0 Å². The molecular formula is C16H13BrCl2N2O2S. The minimum Gasteiger partial charge on any atom is -0.494 e. The summed E-state index contributed by atoms with van der Waals surface area (Å²) >= 11 is 20.6. The number of thiocarbonyl (C=S) groups is 1. The summed E-state index contributed by atoms with van der Waals surface area (Å²) in [5.74, 6) is -0.233. The van der Waals surface area contributed by atoms with Gasteiger partial charge in [0.2, 0.25) is 0 Å². The molecule has 0 aliphatic heterocycles. The van der Waals surface area contributed by atoms with Crippen molar-refractivity contribution in [3.05, 3.63) is 56.0 Å². The molecule has 4 nitrogen and oxygen atoms in total. The van der Waals surface area contributed by atoms with Crippen LogP contribution in [-0.4, -0.2) is 18.1 Å². The van der Waals surface area contributed by atoms with E-state index in [1.165, 1.54) is 19.2 Å². The molecule has 2 rings (SSSR count). The predicted molar refractivity (Wildman–Crippen MR) is 106 cm³/mol. The SMILES string of the molecule is COc1c(Cl)cc(Cl)cc1C(=O)NC(=S)Nc1ccc(Br)c(C)c1. The molecule has 0 aromatic heterocycles. The van der Waals surface area contributed by atoms with Gasteiger partial charge in [-0.3, -0.25) is 10.1 Å². The molecule has 0 atom stereocenters. The minimum absolute atomic E-state index is 0.153. The normalized spacial score (nSPS) is 10.2. The highest BCUT2D eigenvalue weighted by Gasteiger charge is 2.17. The summed E-state index contributed by atoms with van der Waals surface area (Å²) in [5, 5.41) is 6.26. The summed E-state index contributed by atoms with van der Waals surface area (Å²) < 4.78 is 6.15. The zero-order valence-corrected chi connectivity index (χ0v) is 16.7. The number of benzene rings is 2. The van der Waals surface area contributed by atoms with Gasteiger partial charge in [-0.05, 0) is 55.0 Å². The molecule has 0 saturated heterocycles. The van der Waals surface area contributed by atoms with Crippen molar-refractivity contribution in [3.63, 3.8) is 0 Å². The summed E-state index contributed by atoms with van der Waals surface area (Å²) in [6, 6.07) is 8.60. The Kier molecular flexibility index (Phi) is 6.46. The van der Waals surface area contributed by atoms with E-state index < -0.39 is 5.91 Å². The quantitative estimate of drug-likeness (QED) is 0.635. The van der Waals surface area contributed by atoms with Crippen LogP contribution in [-0.2, 0) is 0 Å². The maximum absolute atomic E-state index is 12.4. The fourth-order valence-corrected chi connectivity index (χ4v) is 3.02. The number of aryl methyl sites for hydroxylation is 1. The predicted octanol–water partition coefficient (Wildman–Crippen LogP) is 5.20. The number of amides is 1. The lowest BCUT2D eigenvalue weighted by atomic mass is 10.2. The van der Waals surface area contributed by atoms with Gasteiger partial charge in [-0.2, -0.15) is 0 Å².